The molecular formula is C18H24N2O2. The highest BCUT2D eigenvalue weighted by atomic mass is 16.2. The summed E-state index contributed by atoms with van der Waals surface area (Å²) in [5.41, 5.74) is 2.74. The lowest BCUT2D eigenvalue weighted by atomic mass is 9.95. The number of nitrogens with zero attached hydrogens (tertiary/aromatic N) is 1. The summed E-state index contributed by atoms with van der Waals surface area (Å²) in [6.07, 6.45) is 1.98. The van der Waals surface area contributed by atoms with Crippen LogP contribution in [-0.4, -0.2) is 30.8 Å². The molecule has 4 heteroatoms. The van der Waals surface area contributed by atoms with Gasteiger partial charge in [0.25, 0.3) is 0 Å². The molecule has 0 bridgehead atoms. The maximum absolute atomic E-state index is 12.7. The van der Waals surface area contributed by atoms with Crippen LogP contribution < -0.4 is 10.2 Å². The van der Waals surface area contributed by atoms with Crippen LogP contribution in [0.1, 0.15) is 55.5 Å². The summed E-state index contributed by atoms with van der Waals surface area (Å²) >= 11 is 0. The van der Waals surface area contributed by atoms with Crippen LogP contribution in [0.2, 0.25) is 0 Å². The Morgan fingerprint density at radius 3 is 2.59 bits per heavy atom. The summed E-state index contributed by atoms with van der Waals surface area (Å²) in [4.78, 5) is 26.9. The molecule has 2 heterocycles. The highest BCUT2D eigenvalue weighted by molar-refractivity contribution is 6.07. The quantitative estimate of drug-likeness (QED) is 0.873. The predicted octanol–water partition coefficient (Wildman–Crippen LogP) is 2.73. The Balaban J connectivity index is 1.96. The van der Waals surface area contributed by atoms with E-state index in [1.807, 2.05) is 43.9 Å². The summed E-state index contributed by atoms with van der Waals surface area (Å²) in [6, 6.07) is 6.06. The second-order valence-electron chi connectivity index (χ2n) is 6.70. The van der Waals surface area contributed by atoms with Gasteiger partial charge in [-0.2, -0.15) is 0 Å². The van der Waals surface area contributed by atoms with E-state index in [2.05, 4.69) is 5.32 Å². The molecule has 0 saturated carbocycles. The highest BCUT2D eigenvalue weighted by Gasteiger charge is 2.38. The average molecular weight is 300 g/mol. The standard InChI is InChI=1S/C18H24N2O2/c1-11(2)17(21)13-4-5-16-15(10-13)12(3)18(22)20(16)14-6-8-19-9-7-14/h4-5,10-12,14,19H,6-9H2,1-3H3. The summed E-state index contributed by atoms with van der Waals surface area (Å²) in [6.45, 7) is 7.69. The van der Waals surface area contributed by atoms with E-state index in [1.54, 1.807) is 0 Å². The van der Waals surface area contributed by atoms with Crippen molar-refractivity contribution in [3.63, 3.8) is 0 Å². The van der Waals surface area contributed by atoms with Gasteiger partial charge >= 0.3 is 0 Å². The van der Waals surface area contributed by atoms with Gasteiger partial charge in [0.1, 0.15) is 0 Å². The van der Waals surface area contributed by atoms with Gasteiger partial charge in [0.15, 0.2) is 5.78 Å². The van der Waals surface area contributed by atoms with E-state index in [1.165, 1.54) is 0 Å². The summed E-state index contributed by atoms with van der Waals surface area (Å²) in [7, 11) is 0. The lowest BCUT2D eigenvalue weighted by molar-refractivity contribution is -0.119. The molecule has 2 aliphatic rings. The summed E-state index contributed by atoms with van der Waals surface area (Å²) in [5, 5.41) is 3.34. The maximum atomic E-state index is 12.7. The first kappa shape index (κ1) is 15.2. The number of hydrogen-bond donors (Lipinski definition) is 1. The second kappa shape index (κ2) is 5.84. The Hall–Kier alpha value is -1.68. The molecule has 0 aliphatic carbocycles. The Morgan fingerprint density at radius 1 is 1.27 bits per heavy atom. The van der Waals surface area contributed by atoms with Crippen molar-refractivity contribution >= 4 is 17.4 Å². The molecule has 1 aromatic carbocycles. The normalized spacial score (nSPS) is 22.3. The van der Waals surface area contributed by atoms with Crippen LogP contribution in [0, 0.1) is 5.92 Å². The lowest BCUT2D eigenvalue weighted by Gasteiger charge is -2.32. The van der Waals surface area contributed by atoms with Gasteiger partial charge in [-0.15, -0.1) is 0 Å². The number of hydrogen-bond acceptors (Lipinski definition) is 3. The van der Waals surface area contributed by atoms with Crippen molar-refractivity contribution in [1.29, 1.82) is 0 Å². The first-order chi connectivity index (χ1) is 10.5. The number of carbonyl (C=O) groups is 2. The van der Waals surface area contributed by atoms with Gasteiger partial charge in [0.2, 0.25) is 5.91 Å². The minimum atomic E-state index is -0.148. The van der Waals surface area contributed by atoms with Crippen LogP contribution in [-0.2, 0) is 4.79 Å². The molecule has 0 spiro atoms. The molecule has 0 radical (unpaired) electrons. The van der Waals surface area contributed by atoms with Crippen LogP contribution >= 0.6 is 0 Å². The van der Waals surface area contributed by atoms with Gasteiger partial charge in [0.05, 0.1) is 5.92 Å². The van der Waals surface area contributed by atoms with E-state index in [-0.39, 0.29) is 29.6 Å². The minimum absolute atomic E-state index is 0.0222. The number of carbonyl (C=O) groups excluding carboxylic acids is 2. The monoisotopic (exact) mass is 300 g/mol. The number of benzene rings is 1. The van der Waals surface area contributed by atoms with E-state index in [4.69, 9.17) is 0 Å². The van der Waals surface area contributed by atoms with Gasteiger partial charge in [-0.25, -0.2) is 0 Å². The molecule has 0 aromatic heterocycles. The second-order valence-corrected chi connectivity index (χ2v) is 6.70. The fraction of sp³-hybridized carbons (Fsp3) is 0.556. The molecule has 118 valence electrons. The molecule has 1 fully saturated rings. The SMILES string of the molecule is CC(C)C(=O)c1ccc2c(c1)C(C)C(=O)N2C1CCNCC1. The maximum Gasteiger partial charge on any atom is 0.234 e. The number of anilines is 1. The molecule has 1 unspecified atom stereocenters. The summed E-state index contributed by atoms with van der Waals surface area (Å²) < 4.78 is 0. The molecule has 4 nitrogen and oxygen atoms in total. The number of nitrogens with one attached hydrogen (secondary N) is 1. The Bertz CT molecular complexity index is 603. The van der Waals surface area contributed by atoms with Crippen LogP contribution in [0.3, 0.4) is 0 Å². The zero-order valence-corrected chi connectivity index (χ0v) is 13.6. The van der Waals surface area contributed by atoms with Crippen LogP contribution in [0.25, 0.3) is 0 Å². The average Bonchev–Trinajstić information content (AvgIpc) is 2.78. The number of amides is 1. The molecule has 1 saturated heterocycles. The number of fused-ring (bicyclic) bond motifs is 1. The van der Waals surface area contributed by atoms with Crippen molar-refractivity contribution in [1.82, 2.24) is 5.32 Å². The van der Waals surface area contributed by atoms with Crippen molar-refractivity contribution in [3.8, 4) is 0 Å². The smallest absolute Gasteiger partial charge is 0.234 e. The van der Waals surface area contributed by atoms with E-state index >= 15 is 0 Å². The van der Waals surface area contributed by atoms with Gasteiger partial charge < -0.3 is 10.2 Å². The highest BCUT2D eigenvalue weighted by Crippen LogP contribution is 2.40. The molecule has 1 amide bonds. The zero-order valence-electron chi connectivity index (χ0n) is 13.6. The number of piperidine rings is 1. The third-order valence-corrected chi connectivity index (χ3v) is 4.84. The molecule has 1 atom stereocenters. The van der Waals surface area contributed by atoms with Crippen molar-refractivity contribution in [2.45, 2.75) is 45.6 Å². The predicted molar refractivity (Wildman–Crippen MR) is 87.4 cm³/mol. The third-order valence-electron chi connectivity index (χ3n) is 4.84. The Labute approximate surface area is 131 Å². The molecule has 3 rings (SSSR count). The molecular weight excluding hydrogens is 276 g/mol. The zero-order chi connectivity index (χ0) is 15.9. The van der Waals surface area contributed by atoms with Gasteiger partial charge in [0, 0.05) is 23.2 Å². The first-order valence-corrected chi connectivity index (χ1v) is 8.22. The Kier molecular flexibility index (Phi) is 4.04. The van der Waals surface area contributed by atoms with Gasteiger partial charge in [-0.05, 0) is 56.6 Å². The van der Waals surface area contributed by atoms with Crippen LogP contribution in [0.5, 0.6) is 0 Å². The molecule has 2 aliphatic heterocycles. The fourth-order valence-electron chi connectivity index (χ4n) is 3.51. The van der Waals surface area contributed by atoms with Crippen molar-refractivity contribution in [3.05, 3.63) is 29.3 Å². The molecule has 22 heavy (non-hydrogen) atoms. The lowest BCUT2D eigenvalue weighted by Crippen LogP contribution is -2.45. The third kappa shape index (κ3) is 2.45. The van der Waals surface area contributed by atoms with E-state index < -0.39 is 0 Å². The van der Waals surface area contributed by atoms with Gasteiger partial charge in [-0.3, -0.25) is 9.59 Å². The van der Waals surface area contributed by atoms with E-state index in [0.29, 0.717) is 0 Å². The van der Waals surface area contributed by atoms with Crippen LogP contribution in [0.15, 0.2) is 18.2 Å². The Morgan fingerprint density at radius 2 is 1.95 bits per heavy atom. The number of ketones is 1. The number of rotatable bonds is 3. The van der Waals surface area contributed by atoms with Gasteiger partial charge in [-0.1, -0.05) is 13.8 Å². The number of Topliss-reactive ketones (excluding diaryl/α,β-unsaturated/α-hetero) is 1. The van der Waals surface area contributed by atoms with Crippen molar-refractivity contribution in [2.24, 2.45) is 5.92 Å². The molecule has 1 aromatic rings. The molecule has 1 N–H and O–H groups in total. The van der Waals surface area contributed by atoms with Crippen molar-refractivity contribution < 1.29 is 9.59 Å². The van der Waals surface area contributed by atoms with E-state index in [9.17, 15) is 9.59 Å². The fourth-order valence-corrected chi connectivity index (χ4v) is 3.51. The van der Waals surface area contributed by atoms with Crippen LogP contribution in [0.4, 0.5) is 5.69 Å². The summed E-state index contributed by atoms with van der Waals surface area (Å²) in [5.74, 6) is 0.148. The van der Waals surface area contributed by atoms with Crippen molar-refractivity contribution in [2.75, 3.05) is 18.0 Å². The van der Waals surface area contributed by atoms with E-state index in [0.717, 1.165) is 42.7 Å². The largest absolute Gasteiger partial charge is 0.317 e. The topological polar surface area (TPSA) is 49.4 Å². The first-order valence-electron chi connectivity index (χ1n) is 8.22. The minimum Gasteiger partial charge on any atom is -0.317 e.